The largest absolute Gasteiger partial charge is 0.478 e. The van der Waals surface area contributed by atoms with Crippen LogP contribution in [-0.2, 0) is 0 Å². The molecule has 21 heavy (non-hydrogen) atoms. The SMILES string of the molecule is Cc1c(NC(=O)NC(C)CCN(C)C)cccc1C(=O)O. The van der Waals surface area contributed by atoms with E-state index < -0.39 is 5.97 Å². The number of nitrogens with zero attached hydrogens (tertiary/aromatic N) is 1. The van der Waals surface area contributed by atoms with Crippen LogP contribution in [0.5, 0.6) is 0 Å². The summed E-state index contributed by atoms with van der Waals surface area (Å²) in [5.74, 6) is -1.00. The van der Waals surface area contributed by atoms with Gasteiger partial charge in [-0.2, -0.15) is 0 Å². The number of urea groups is 1. The molecule has 0 spiro atoms. The molecule has 0 aliphatic carbocycles. The molecule has 6 heteroatoms. The zero-order valence-electron chi connectivity index (χ0n) is 12.9. The van der Waals surface area contributed by atoms with Crippen molar-refractivity contribution in [2.75, 3.05) is 26.0 Å². The van der Waals surface area contributed by atoms with Crippen LogP contribution in [0.1, 0.15) is 29.3 Å². The number of hydrogen-bond donors (Lipinski definition) is 3. The van der Waals surface area contributed by atoms with Crippen molar-refractivity contribution in [1.29, 1.82) is 0 Å². The third-order valence-electron chi connectivity index (χ3n) is 3.20. The highest BCUT2D eigenvalue weighted by atomic mass is 16.4. The second kappa shape index (κ2) is 7.64. The monoisotopic (exact) mass is 293 g/mol. The van der Waals surface area contributed by atoms with Gasteiger partial charge >= 0.3 is 12.0 Å². The van der Waals surface area contributed by atoms with Crippen LogP contribution in [0, 0.1) is 6.92 Å². The van der Waals surface area contributed by atoms with Crippen LogP contribution in [0.15, 0.2) is 18.2 Å². The normalized spacial score (nSPS) is 12.0. The number of carboxylic acids is 1. The van der Waals surface area contributed by atoms with E-state index in [2.05, 4.69) is 15.5 Å². The Morgan fingerprint density at radius 2 is 2.00 bits per heavy atom. The predicted molar refractivity (Wildman–Crippen MR) is 82.9 cm³/mol. The van der Waals surface area contributed by atoms with E-state index in [1.54, 1.807) is 19.1 Å². The van der Waals surface area contributed by atoms with Gasteiger partial charge in [0.2, 0.25) is 0 Å². The Hall–Kier alpha value is -2.08. The number of anilines is 1. The summed E-state index contributed by atoms with van der Waals surface area (Å²) in [7, 11) is 3.96. The van der Waals surface area contributed by atoms with E-state index in [9.17, 15) is 9.59 Å². The molecule has 1 aromatic rings. The third kappa shape index (κ3) is 5.43. The molecule has 0 bridgehead atoms. The minimum atomic E-state index is -1.00. The molecule has 0 saturated heterocycles. The molecule has 1 aromatic carbocycles. The molecule has 2 amide bonds. The smallest absolute Gasteiger partial charge is 0.336 e. The number of carboxylic acid groups (broad SMARTS) is 1. The van der Waals surface area contributed by atoms with Crippen LogP contribution in [0.2, 0.25) is 0 Å². The number of carbonyl (C=O) groups excluding carboxylic acids is 1. The highest BCUT2D eigenvalue weighted by Crippen LogP contribution is 2.18. The van der Waals surface area contributed by atoms with Crippen molar-refractivity contribution in [3.8, 4) is 0 Å². The number of aromatic carboxylic acids is 1. The van der Waals surface area contributed by atoms with Crippen LogP contribution < -0.4 is 10.6 Å². The van der Waals surface area contributed by atoms with Crippen molar-refractivity contribution in [2.45, 2.75) is 26.3 Å². The van der Waals surface area contributed by atoms with Crippen LogP contribution in [0.25, 0.3) is 0 Å². The second-order valence-electron chi connectivity index (χ2n) is 5.37. The van der Waals surface area contributed by atoms with Gasteiger partial charge in [0.1, 0.15) is 0 Å². The molecule has 0 heterocycles. The number of rotatable bonds is 6. The summed E-state index contributed by atoms with van der Waals surface area (Å²) in [6, 6.07) is 4.52. The number of benzene rings is 1. The summed E-state index contributed by atoms with van der Waals surface area (Å²) in [4.78, 5) is 25.0. The maximum atomic E-state index is 11.9. The Kier molecular flexibility index (Phi) is 6.17. The Morgan fingerprint density at radius 3 is 2.57 bits per heavy atom. The minimum Gasteiger partial charge on any atom is -0.478 e. The van der Waals surface area contributed by atoms with Gasteiger partial charge in [-0.15, -0.1) is 0 Å². The van der Waals surface area contributed by atoms with Crippen molar-refractivity contribution in [1.82, 2.24) is 10.2 Å². The van der Waals surface area contributed by atoms with Gasteiger partial charge in [-0.05, 0) is 58.6 Å². The Morgan fingerprint density at radius 1 is 1.33 bits per heavy atom. The van der Waals surface area contributed by atoms with E-state index in [0.717, 1.165) is 13.0 Å². The summed E-state index contributed by atoms with van der Waals surface area (Å²) in [6.45, 7) is 4.49. The van der Waals surface area contributed by atoms with Gasteiger partial charge in [0.15, 0.2) is 0 Å². The standard InChI is InChI=1S/C15H23N3O3/c1-10(8-9-18(3)4)16-15(21)17-13-7-5-6-12(11(13)2)14(19)20/h5-7,10H,8-9H2,1-4H3,(H,19,20)(H2,16,17,21). The number of nitrogens with one attached hydrogen (secondary N) is 2. The topological polar surface area (TPSA) is 81.7 Å². The van der Waals surface area contributed by atoms with E-state index in [1.165, 1.54) is 6.07 Å². The highest BCUT2D eigenvalue weighted by molar-refractivity contribution is 5.95. The van der Waals surface area contributed by atoms with E-state index in [0.29, 0.717) is 11.3 Å². The number of hydrogen-bond acceptors (Lipinski definition) is 3. The first-order chi connectivity index (χ1) is 9.81. The first kappa shape index (κ1) is 17.0. The number of carbonyl (C=O) groups is 2. The molecule has 116 valence electrons. The number of amides is 2. The predicted octanol–water partition coefficient (Wildman–Crippen LogP) is 2.15. The van der Waals surface area contributed by atoms with Gasteiger partial charge in [0, 0.05) is 11.7 Å². The van der Waals surface area contributed by atoms with Gasteiger partial charge in [0.05, 0.1) is 5.56 Å². The van der Waals surface area contributed by atoms with Gasteiger partial charge in [0.25, 0.3) is 0 Å². The molecule has 0 fully saturated rings. The summed E-state index contributed by atoms with van der Waals surface area (Å²) in [6.07, 6.45) is 0.842. The summed E-state index contributed by atoms with van der Waals surface area (Å²) < 4.78 is 0. The van der Waals surface area contributed by atoms with Crippen molar-refractivity contribution in [3.05, 3.63) is 29.3 Å². The van der Waals surface area contributed by atoms with Gasteiger partial charge in [-0.25, -0.2) is 9.59 Å². The van der Waals surface area contributed by atoms with Gasteiger partial charge < -0.3 is 20.6 Å². The van der Waals surface area contributed by atoms with Crippen molar-refractivity contribution in [3.63, 3.8) is 0 Å². The maximum absolute atomic E-state index is 11.9. The lowest BCUT2D eigenvalue weighted by Crippen LogP contribution is -2.37. The van der Waals surface area contributed by atoms with E-state index in [-0.39, 0.29) is 17.6 Å². The molecular weight excluding hydrogens is 270 g/mol. The lowest BCUT2D eigenvalue weighted by Gasteiger charge is -2.18. The molecule has 0 radical (unpaired) electrons. The van der Waals surface area contributed by atoms with Crippen LogP contribution >= 0.6 is 0 Å². The highest BCUT2D eigenvalue weighted by Gasteiger charge is 2.13. The van der Waals surface area contributed by atoms with E-state index in [4.69, 9.17) is 5.11 Å². The second-order valence-corrected chi connectivity index (χ2v) is 5.37. The molecule has 1 unspecified atom stereocenters. The van der Waals surface area contributed by atoms with Crippen molar-refractivity contribution in [2.24, 2.45) is 0 Å². The fourth-order valence-electron chi connectivity index (χ4n) is 1.91. The third-order valence-corrected chi connectivity index (χ3v) is 3.20. The molecule has 0 aliphatic heterocycles. The maximum Gasteiger partial charge on any atom is 0.336 e. The molecule has 0 aliphatic rings. The minimum absolute atomic E-state index is 0.0374. The fraction of sp³-hybridized carbons (Fsp3) is 0.467. The molecule has 1 atom stereocenters. The first-order valence-corrected chi connectivity index (χ1v) is 6.86. The molecule has 3 N–H and O–H groups in total. The molecule has 1 rings (SSSR count). The first-order valence-electron chi connectivity index (χ1n) is 6.86. The average molecular weight is 293 g/mol. The van der Waals surface area contributed by atoms with Crippen molar-refractivity contribution < 1.29 is 14.7 Å². The quantitative estimate of drug-likeness (QED) is 0.750. The van der Waals surface area contributed by atoms with Gasteiger partial charge in [-0.1, -0.05) is 6.07 Å². The van der Waals surface area contributed by atoms with E-state index >= 15 is 0 Å². The Labute approximate surface area is 125 Å². The molecule has 0 saturated carbocycles. The summed E-state index contributed by atoms with van der Waals surface area (Å²) in [5.41, 5.74) is 1.24. The molecular formula is C15H23N3O3. The Balaban J connectivity index is 2.63. The van der Waals surface area contributed by atoms with Gasteiger partial charge in [-0.3, -0.25) is 0 Å². The van der Waals surface area contributed by atoms with Crippen LogP contribution in [-0.4, -0.2) is 48.7 Å². The lowest BCUT2D eigenvalue weighted by molar-refractivity contribution is 0.0696. The fourth-order valence-corrected chi connectivity index (χ4v) is 1.91. The lowest BCUT2D eigenvalue weighted by atomic mass is 10.1. The zero-order chi connectivity index (χ0) is 16.0. The van der Waals surface area contributed by atoms with Crippen LogP contribution in [0.4, 0.5) is 10.5 Å². The van der Waals surface area contributed by atoms with E-state index in [1.807, 2.05) is 21.0 Å². The summed E-state index contributed by atoms with van der Waals surface area (Å²) in [5, 5.41) is 14.6. The average Bonchev–Trinajstić information content (AvgIpc) is 2.38. The molecule has 0 aromatic heterocycles. The summed E-state index contributed by atoms with van der Waals surface area (Å²) >= 11 is 0. The van der Waals surface area contributed by atoms with Crippen LogP contribution in [0.3, 0.4) is 0 Å². The van der Waals surface area contributed by atoms with Crippen molar-refractivity contribution >= 4 is 17.7 Å². The Bertz CT molecular complexity index is 515. The zero-order valence-corrected chi connectivity index (χ0v) is 12.9. The molecule has 6 nitrogen and oxygen atoms in total.